The Hall–Kier alpha value is -0.890. The molecule has 0 saturated heterocycles. The number of hydrogen-bond acceptors (Lipinski definition) is 1. The predicted molar refractivity (Wildman–Crippen MR) is 83.7 cm³/mol. The van der Waals surface area contributed by atoms with E-state index < -0.39 is 0 Å². The summed E-state index contributed by atoms with van der Waals surface area (Å²) in [5.74, 6) is 0.887. The first-order chi connectivity index (χ1) is 9.04. The van der Waals surface area contributed by atoms with E-state index in [0.29, 0.717) is 0 Å². The highest BCUT2D eigenvalue weighted by Crippen LogP contribution is 2.15. The smallest absolute Gasteiger partial charge is 0.104 e. The third-order valence-electron chi connectivity index (χ3n) is 3.36. The Morgan fingerprint density at radius 3 is 2.26 bits per heavy atom. The van der Waals surface area contributed by atoms with Gasteiger partial charge in [0, 0.05) is 11.0 Å². The predicted octanol–water partition coefficient (Wildman–Crippen LogP) is 3.75. The monoisotopic (exact) mass is 283 g/mol. The van der Waals surface area contributed by atoms with Crippen LogP contribution < -0.4 is 10.6 Å². The van der Waals surface area contributed by atoms with E-state index in [9.17, 15) is 0 Å². The molecular formula is C16H26ClNO. The lowest BCUT2D eigenvalue weighted by atomic mass is 10.1. The van der Waals surface area contributed by atoms with Crippen LogP contribution in [-0.2, 0) is 11.2 Å². The van der Waals surface area contributed by atoms with Gasteiger partial charge in [-0.2, -0.15) is 0 Å². The van der Waals surface area contributed by atoms with Crippen molar-refractivity contribution in [1.29, 1.82) is 0 Å². The van der Waals surface area contributed by atoms with Gasteiger partial charge in [-0.05, 0) is 26.2 Å². The second kappa shape index (κ2) is 7.64. The molecule has 0 unspecified atom stereocenters. The van der Waals surface area contributed by atoms with Crippen molar-refractivity contribution >= 4 is 23.9 Å². The number of hydrogen-bond donors (Lipinski definition) is 1. The molecule has 0 aliphatic rings. The summed E-state index contributed by atoms with van der Waals surface area (Å²) < 4.78 is 6.11. The first-order valence-corrected chi connectivity index (χ1v) is 7.65. The van der Waals surface area contributed by atoms with Crippen molar-refractivity contribution < 1.29 is 4.74 Å². The van der Waals surface area contributed by atoms with Crippen LogP contribution in [0.25, 0.3) is 12.3 Å². The van der Waals surface area contributed by atoms with Gasteiger partial charge < -0.3 is 9.72 Å². The third-order valence-corrected chi connectivity index (χ3v) is 3.78. The van der Waals surface area contributed by atoms with Gasteiger partial charge in [0.15, 0.2) is 0 Å². The molecule has 1 heterocycles. The number of halogens is 1. The summed E-state index contributed by atoms with van der Waals surface area (Å²) in [6.07, 6.45) is 5.60. The largest absolute Gasteiger partial charge is 0.494 e. The van der Waals surface area contributed by atoms with Gasteiger partial charge in [-0.15, -0.1) is 0 Å². The Kier molecular flexibility index (Phi) is 6.50. The Morgan fingerprint density at radius 1 is 1.26 bits per heavy atom. The molecule has 0 spiro atoms. The summed E-state index contributed by atoms with van der Waals surface area (Å²) in [6, 6.07) is 0. The average molecular weight is 284 g/mol. The lowest BCUT2D eigenvalue weighted by Crippen LogP contribution is -2.26. The molecule has 0 aliphatic heterocycles. The van der Waals surface area contributed by atoms with Crippen LogP contribution in [0.4, 0.5) is 0 Å². The van der Waals surface area contributed by atoms with E-state index in [1.165, 1.54) is 0 Å². The quantitative estimate of drug-likeness (QED) is 0.810. The zero-order chi connectivity index (χ0) is 14.4. The van der Waals surface area contributed by atoms with Crippen LogP contribution in [0.3, 0.4) is 0 Å². The van der Waals surface area contributed by atoms with Crippen molar-refractivity contribution in [3.05, 3.63) is 21.3 Å². The van der Waals surface area contributed by atoms with Gasteiger partial charge in [0.25, 0.3) is 0 Å². The van der Waals surface area contributed by atoms with E-state index in [1.807, 2.05) is 6.92 Å². The molecule has 1 rings (SSSR count). The minimum atomic E-state index is 0.283. The number of aromatic amines is 1. The number of H-pyrrole nitrogens is 1. The molecule has 1 aromatic rings. The zero-order valence-electron chi connectivity index (χ0n) is 12.6. The molecule has 0 aromatic carbocycles. The first-order valence-electron chi connectivity index (χ1n) is 7.27. The molecule has 1 aromatic heterocycles. The number of aromatic nitrogens is 1. The van der Waals surface area contributed by atoms with E-state index >= 15 is 0 Å². The van der Waals surface area contributed by atoms with Gasteiger partial charge in [-0.25, -0.2) is 0 Å². The van der Waals surface area contributed by atoms with E-state index in [1.54, 1.807) is 0 Å². The fourth-order valence-corrected chi connectivity index (χ4v) is 2.84. The Morgan fingerprint density at radius 2 is 1.84 bits per heavy atom. The number of rotatable bonds is 7. The van der Waals surface area contributed by atoms with Gasteiger partial charge in [0.05, 0.1) is 16.3 Å². The number of aryl methyl sites for hydroxylation is 1. The Bertz CT molecular complexity index is 498. The maximum atomic E-state index is 6.39. The van der Waals surface area contributed by atoms with E-state index in [2.05, 4.69) is 32.3 Å². The molecule has 0 amide bonds. The molecule has 0 aliphatic carbocycles. The lowest BCUT2D eigenvalue weighted by molar-refractivity contribution is 0.141. The van der Waals surface area contributed by atoms with Gasteiger partial charge in [-0.3, -0.25) is 0 Å². The van der Waals surface area contributed by atoms with Crippen LogP contribution in [0.1, 0.15) is 59.1 Å². The molecule has 3 heteroatoms. The second-order valence-corrected chi connectivity index (χ2v) is 5.38. The minimum absolute atomic E-state index is 0.283. The zero-order valence-corrected chi connectivity index (χ0v) is 13.4. The van der Waals surface area contributed by atoms with E-state index in [0.717, 1.165) is 59.1 Å². The molecular weight excluding hydrogens is 258 g/mol. The molecule has 108 valence electrons. The molecule has 0 saturated carbocycles. The van der Waals surface area contributed by atoms with Crippen molar-refractivity contribution in [2.75, 3.05) is 0 Å². The van der Waals surface area contributed by atoms with Crippen LogP contribution in [0.15, 0.2) is 0 Å². The van der Waals surface area contributed by atoms with Crippen molar-refractivity contribution in [1.82, 2.24) is 4.98 Å². The summed E-state index contributed by atoms with van der Waals surface area (Å²) in [5.41, 5.74) is 1.03. The third kappa shape index (κ3) is 4.04. The maximum absolute atomic E-state index is 6.39. The first kappa shape index (κ1) is 16.2. The van der Waals surface area contributed by atoms with Gasteiger partial charge in [-0.1, -0.05) is 51.8 Å². The summed E-state index contributed by atoms with van der Waals surface area (Å²) in [6.45, 7) is 12.5. The fourth-order valence-electron chi connectivity index (χ4n) is 2.41. The highest BCUT2D eigenvalue weighted by molar-refractivity contribution is 6.31. The van der Waals surface area contributed by atoms with Gasteiger partial charge in [0.2, 0.25) is 0 Å². The maximum Gasteiger partial charge on any atom is 0.104 e. The SMILES string of the molecule is C=c1[nH]c(CC)c(Cl)/c1=C(/C)OC(CCC)CCC. The summed E-state index contributed by atoms with van der Waals surface area (Å²) in [7, 11) is 0. The van der Waals surface area contributed by atoms with Crippen LogP contribution in [0.2, 0.25) is 5.02 Å². The van der Waals surface area contributed by atoms with E-state index in [-0.39, 0.29) is 6.10 Å². The average Bonchev–Trinajstić information content (AvgIpc) is 2.64. The standard InChI is InChI=1S/C16H26ClNO/c1-6-9-13(10-7-2)19-12(5)15-11(4)18-14(8-3)16(15)17/h13,18H,4,6-10H2,1-3,5H3/b15-12-. The number of nitrogens with one attached hydrogen (secondary N) is 1. The van der Waals surface area contributed by atoms with Gasteiger partial charge in [0.1, 0.15) is 5.76 Å². The van der Waals surface area contributed by atoms with Crippen molar-refractivity contribution in [3.63, 3.8) is 0 Å². The summed E-state index contributed by atoms with van der Waals surface area (Å²) in [5, 5.41) is 2.55. The Labute approximate surface area is 121 Å². The van der Waals surface area contributed by atoms with Crippen LogP contribution in [0, 0.1) is 0 Å². The normalized spacial score (nSPS) is 12.9. The fraction of sp³-hybridized carbons (Fsp3) is 0.625. The molecule has 2 nitrogen and oxygen atoms in total. The summed E-state index contributed by atoms with van der Waals surface area (Å²) >= 11 is 6.39. The van der Waals surface area contributed by atoms with Crippen molar-refractivity contribution in [2.24, 2.45) is 0 Å². The highest BCUT2D eigenvalue weighted by atomic mass is 35.5. The van der Waals surface area contributed by atoms with E-state index in [4.69, 9.17) is 16.3 Å². The van der Waals surface area contributed by atoms with Crippen molar-refractivity contribution in [3.8, 4) is 0 Å². The number of ether oxygens (including phenoxy) is 1. The highest BCUT2D eigenvalue weighted by Gasteiger charge is 2.12. The molecule has 0 fully saturated rings. The van der Waals surface area contributed by atoms with Crippen LogP contribution in [0.5, 0.6) is 0 Å². The van der Waals surface area contributed by atoms with Gasteiger partial charge >= 0.3 is 0 Å². The topological polar surface area (TPSA) is 25.0 Å². The van der Waals surface area contributed by atoms with Crippen molar-refractivity contribution in [2.45, 2.75) is 65.9 Å². The lowest BCUT2D eigenvalue weighted by Gasteiger charge is -2.18. The molecule has 19 heavy (non-hydrogen) atoms. The molecule has 0 bridgehead atoms. The molecule has 0 radical (unpaired) electrons. The Balaban J connectivity index is 3.08. The van der Waals surface area contributed by atoms with Crippen LogP contribution in [-0.4, -0.2) is 11.1 Å². The minimum Gasteiger partial charge on any atom is -0.494 e. The van der Waals surface area contributed by atoms with Crippen LogP contribution >= 0.6 is 11.6 Å². The summed E-state index contributed by atoms with van der Waals surface area (Å²) in [4.78, 5) is 3.24. The second-order valence-electron chi connectivity index (χ2n) is 5.00. The molecule has 1 N–H and O–H groups in total. The molecule has 0 atom stereocenters.